The molecular formula is C39H44N2O2. The van der Waals surface area contributed by atoms with E-state index in [2.05, 4.69) is 77.9 Å². The summed E-state index contributed by atoms with van der Waals surface area (Å²) in [6, 6.07) is 28.8. The largest absolute Gasteiger partial charge is 0.507 e. The second-order valence-corrected chi connectivity index (χ2v) is 13.8. The fraction of sp³-hybridized carbons (Fsp3) is 0.333. The van der Waals surface area contributed by atoms with Gasteiger partial charge in [-0.05, 0) is 76.6 Å². The Bertz CT molecular complexity index is 1500. The number of hydrogen-bond donors (Lipinski definition) is 2. The average Bonchev–Trinajstić information content (AvgIpc) is 3.43. The lowest BCUT2D eigenvalue weighted by Gasteiger charge is -2.23. The zero-order valence-corrected chi connectivity index (χ0v) is 26.3. The second kappa shape index (κ2) is 12.2. The fourth-order valence-corrected chi connectivity index (χ4v) is 5.87. The number of phenols is 2. The number of phenolic OH excluding ortho intramolecular Hbond substituents is 2. The Balaban J connectivity index is 1.46. The van der Waals surface area contributed by atoms with Crippen molar-refractivity contribution in [1.29, 1.82) is 0 Å². The quantitative estimate of drug-likeness (QED) is 0.226. The van der Waals surface area contributed by atoms with Gasteiger partial charge < -0.3 is 10.2 Å². The minimum Gasteiger partial charge on any atom is -0.507 e. The lowest BCUT2D eigenvalue weighted by molar-refractivity contribution is 0.445. The van der Waals surface area contributed by atoms with Crippen LogP contribution in [0.2, 0.25) is 0 Å². The van der Waals surface area contributed by atoms with Crippen LogP contribution >= 0.6 is 0 Å². The van der Waals surface area contributed by atoms with Gasteiger partial charge in [-0.25, -0.2) is 0 Å². The van der Waals surface area contributed by atoms with Crippen molar-refractivity contribution >= 4 is 12.4 Å². The number of aromatic hydroxyl groups is 2. The summed E-state index contributed by atoms with van der Waals surface area (Å²) >= 11 is 0. The van der Waals surface area contributed by atoms with Crippen molar-refractivity contribution in [2.45, 2.75) is 83.7 Å². The summed E-state index contributed by atoms with van der Waals surface area (Å²) in [6.45, 7) is 12.7. The zero-order chi connectivity index (χ0) is 30.8. The van der Waals surface area contributed by atoms with E-state index in [1.54, 1.807) is 0 Å². The molecule has 4 heteroatoms. The van der Waals surface area contributed by atoms with Crippen molar-refractivity contribution in [1.82, 2.24) is 0 Å². The topological polar surface area (TPSA) is 65.2 Å². The van der Waals surface area contributed by atoms with Gasteiger partial charge in [-0.1, -0.05) is 102 Å². The number of benzene rings is 4. The smallest absolute Gasteiger partial charge is 0.128 e. The molecule has 1 saturated carbocycles. The highest BCUT2D eigenvalue weighted by atomic mass is 16.3. The molecule has 222 valence electrons. The molecule has 2 unspecified atom stereocenters. The molecule has 1 aliphatic carbocycles. The first-order valence-corrected chi connectivity index (χ1v) is 15.3. The Morgan fingerprint density at radius 1 is 0.558 bits per heavy atom. The van der Waals surface area contributed by atoms with Crippen LogP contribution in [0, 0.1) is 0 Å². The van der Waals surface area contributed by atoms with Gasteiger partial charge in [-0.3, -0.25) is 9.98 Å². The lowest BCUT2D eigenvalue weighted by atomic mass is 9.83. The maximum atomic E-state index is 11.3. The van der Waals surface area contributed by atoms with Gasteiger partial charge in [0.25, 0.3) is 0 Å². The van der Waals surface area contributed by atoms with Crippen LogP contribution in [0.15, 0.2) is 94.9 Å². The van der Waals surface area contributed by atoms with Crippen LogP contribution in [0.1, 0.15) is 83.1 Å². The predicted octanol–water partition coefficient (Wildman–Crippen LogP) is 9.49. The highest BCUT2D eigenvalue weighted by Gasteiger charge is 2.27. The standard InChI is InChI=1S/C39H44N2O2/c1-38(2,3)32-22-28(26-14-9-7-10-15-26)20-30(36(32)42)24-40-34-18-13-19-35(34)41-25-31-21-29(27-16-11-8-12-17-27)23-33(37(31)43)39(4,5)6/h7-12,14-17,20-25,34-35,42-43H,13,18-19H2,1-6H3. The van der Waals surface area contributed by atoms with Gasteiger partial charge in [0.2, 0.25) is 0 Å². The van der Waals surface area contributed by atoms with E-state index in [0.717, 1.165) is 63.8 Å². The Labute approximate surface area is 256 Å². The van der Waals surface area contributed by atoms with E-state index in [4.69, 9.17) is 9.98 Å². The van der Waals surface area contributed by atoms with Crippen LogP contribution in [0.3, 0.4) is 0 Å². The number of hydrogen-bond acceptors (Lipinski definition) is 4. The lowest BCUT2D eigenvalue weighted by Crippen LogP contribution is -2.17. The predicted molar refractivity (Wildman–Crippen MR) is 181 cm³/mol. The van der Waals surface area contributed by atoms with Crippen LogP contribution in [0.25, 0.3) is 22.3 Å². The van der Waals surface area contributed by atoms with Crippen LogP contribution in [-0.4, -0.2) is 34.7 Å². The second-order valence-electron chi connectivity index (χ2n) is 13.8. The Morgan fingerprint density at radius 3 is 1.28 bits per heavy atom. The SMILES string of the molecule is CC(C)(C)c1cc(-c2ccccc2)cc(C=NC2CCCC2N=Cc2cc(-c3ccccc3)cc(C(C)(C)C)c2O)c1O. The molecule has 0 bridgehead atoms. The van der Waals surface area contributed by atoms with Crippen LogP contribution in [-0.2, 0) is 10.8 Å². The summed E-state index contributed by atoms with van der Waals surface area (Å²) in [7, 11) is 0. The van der Waals surface area contributed by atoms with Crippen molar-refractivity contribution in [3.8, 4) is 33.8 Å². The van der Waals surface area contributed by atoms with Gasteiger partial charge in [-0.2, -0.15) is 0 Å². The average molecular weight is 573 g/mol. The first-order valence-electron chi connectivity index (χ1n) is 15.3. The molecule has 0 aliphatic heterocycles. The third-order valence-corrected chi connectivity index (χ3v) is 8.36. The molecule has 2 N–H and O–H groups in total. The number of aliphatic imine (C=N–C) groups is 2. The summed E-state index contributed by atoms with van der Waals surface area (Å²) in [4.78, 5) is 9.98. The molecule has 0 amide bonds. The first kappa shape index (κ1) is 30.3. The summed E-state index contributed by atoms with van der Waals surface area (Å²) in [5, 5.41) is 22.6. The molecule has 4 aromatic carbocycles. The molecular weight excluding hydrogens is 528 g/mol. The van der Waals surface area contributed by atoms with Gasteiger partial charge in [0.1, 0.15) is 11.5 Å². The molecule has 5 rings (SSSR count). The molecule has 43 heavy (non-hydrogen) atoms. The molecule has 4 nitrogen and oxygen atoms in total. The molecule has 0 aromatic heterocycles. The first-order chi connectivity index (χ1) is 20.4. The Hall–Kier alpha value is -4.18. The van der Waals surface area contributed by atoms with Crippen molar-refractivity contribution in [3.05, 3.63) is 107 Å². The van der Waals surface area contributed by atoms with E-state index in [0.29, 0.717) is 0 Å². The molecule has 0 saturated heterocycles. The number of rotatable bonds is 6. The molecule has 0 radical (unpaired) electrons. The van der Waals surface area contributed by atoms with Crippen molar-refractivity contribution in [3.63, 3.8) is 0 Å². The van der Waals surface area contributed by atoms with E-state index in [-0.39, 0.29) is 34.4 Å². The molecule has 4 aromatic rings. The van der Waals surface area contributed by atoms with Crippen LogP contribution < -0.4 is 0 Å². The van der Waals surface area contributed by atoms with Gasteiger partial charge >= 0.3 is 0 Å². The fourth-order valence-electron chi connectivity index (χ4n) is 5.87. The maximum absolute atomic E-state index is 11.3. The summed E-state index contributed by atoms with van der Waals surface area (Å²) in [6.07, 6.45) is 6.58. The Kier molecular flexibility index (Phi) is 8.59. The van der Waals surface area contributed by atoms with Gasteiger partial charge in [0.15, 0.2) is 0 Å². The zero-order valence-electron chi connectivity index (χ0n) is 26.3. The van der Waals surface area contributed by atoms with E-state index in [9.17, 15) is 10.2 Å². The molecule has 1 fully saturated rings. The number of nitrogens with zero attached hydrogens (tertiary/aromatic N) is 2. The van der Waals surface area contributed by atoms with Crippen LogP contribution in [0.4, 0.5) is 0 Å². The third-order valence-electron chi connectivity index (χ3n) is 8.36. The molecule has 1 aliphatic rings. The summed E-state index contributed by atoms with van der Waals surface area (Å²) < 4.78 is 0. The van der Waals surface area contributed by atoms with Crippen LogP contribution in [0.5, 0.6) is 11.5 Å². The highest BCUT2D eigenvalue weighted by Crippen LogP contribution is 2.39. The minimum atomic E-state index is -0.222. The third kappa shape index (κ3) is 6.91. The molecule has 2 atom stereocenters. The maximum Gasteiger partial charge on any atom is 0.128 e. The van der Waals surface area contributed by atoms with Crippen molar-refractivity contribution in [2.75, 3.05) is 0 Å². The monoisotopic (exact) mass is 572 g/mol. The van der Waals surface area contributed by atoms with Crippen molar-refractivity contribution < 1.29 is 10.2 Å². The summed E-state index contributed by atoms with van der Waals surface area (Å²) in [5.41, 5.74) is 7.16. The summed E-state index contributed by atoms with van der Waals surface area (Å²) in [5.74, 6) is 0.567. The van der Waals surface area contributed by atoms with E-state index in [1.165, 1.54) is 0 Å². The van der Waals surface area contributed by atoms with Crippen molar-refractivity contribution in [2.24, 2.45) is 9.98 Å². The van der Waals surface area contributed by atoms with Gasteiger partial charge in [0, 0.05) is 34.7 Å². The normalized spacial score (nSPS) is 17.7. The highest BCUT2D eigenvalue weighted by molar-refractivity contribution is 5.89. The van der Waals surface area contributed by atoms with Gasteiger partial charge in [-0.15, -0.1) is 0 Å². The Morgan fingerprint density at radius 2 is 0.930 bits per heavy atom. The van der Waals surface area contributed by atoms with E-state index < -0.39 is 0 Å². The minimum absolute atomic E-state index is 0.00986. The molecule has 0 spiro atoms. The van der Waals surface area contributed by atoms with E-state index in [1.807, 2.05) is 61.0 Å². The molecule has 0 heterocycles. The van der Waals surface area contributed by atoms with E-state index >= 15 is 0 Å². The van der Waals surface area contributed by atoms with Gasteiger partial charge in [0.05, 0.1) is 12.1 Å².